The molecule has 1 fully saturated rings. The molecule has 0 radical (unpaired) electrons. The molecule has 0 aliphatic heterocycles. The number of allylic oxidation sites excluding steroid dienone is 4. The molecule has 57 heavy (non-hydrogen) atoms. The minimum absolute atomic E-state index is 0.155. The number of nitrogens with zero attached hydrogens (tertiary/aromatic N) is 1. The van der Waals surface area contributed by atoms with Crippen molar-refractivity contribution < 1.29 is 0 Å². The molecule has 0 N–H and O–H groups in total. The zero-order valence-corrected chi connectivity index (χ0v) is 33.2. The first-order chi connectivity index (χ1) is 28.2. The second kappa shape index (κ2) is 12.7. The van der Waals surface area contributed by atoms with Gasteiger partial charge in [0, 0.05) is 31.3 Å². The Labute approximate surface area is 340 Å². The van der Waals surface area contributed by atoms with Gasteiger partial charge in [-0.15, -0.1) is 11.3 Å². The minimum Gasteiger partial charge on any atom is -0.357 e. The van der Waals surface area contributed by atoms with E-state index in [9.17, 15) is 0 Å². The van der Waals surface area contributed by atoms with Gasteiger partial charge in [0.15, 0.2) is 0 Å². The average Bonchev–Trinajstić information content (AvgIpc) is 4.04. The smallest absolute Gasteiger partial charge is 0.0720 e. The van der Waals surface area contributed by atoms with Crippen LogP contribution in [0.1, 0.15) is 72.4 Å². The Bertz CT molecular complexity index is 2830. The van der Waals surface area contributed by atoms with Crippen LogP contribution < -0.4 is 4.90 Å². The second-order valence-corrected chi connectivity index (χ2v) is 18.1. The number of hydrogen-bond donors (Lipinski definition) is 0. The molecule has 6 aromatic carbocycles. The maximum atomic E-state index is 2.83. The van der Waals surface area contributed by atoms with Gasteiger partial charge in [-0.25, -0.2) is 0 Å². The molecule has 1 nitrogen and oxygen atoms in total. The maximum Gasteiger partial charge on any atom is 0.0720 e. The summed E-state index contributed by atoms with van der Waals surface area (Å²) >= 11 is 1.94. The van der Waals surface area contributed by atoms with Crippen molar-refractivity contribution in [2.24, 2.45) is 5.92 Å². The average molecular weight is 752 g/mol. The fraction of sp³-hybridized carbons (Fsp3) is 0.200. The molecule has 5 aliphatic carbocycles. The Balaban J connectivity index is 1.12. The first-order valence-electron chi connectivity index (χ1n) is 21.0. The third-order valence-corrected chi connectivity index (χ3v) is 15.5. The summed E-state index contributed by atoms with van der Waals surface area (Å²) in [5.74, 6) is 0.375. The van der Waals surface area contributed by atoms with Crippen LogP contribution in [-0.2, 0) is 10.8 Å². The van der Waals surface area contributed by atoms with Crippen molar-refractivity contribution in [1.29, 1.82) is 0 Å². The highest BCUT2D eigenvalue weighted by molar-refractivity contribution is 7.25. The van der Waals surface area contributed by atoms with Gasteiger partial charge in [-0.1, -0.05) is 171 Å². The highest BCUT2D eigenvalue weighted by Crippen LogP contribution is 2.60. The van der Waals surface area contributed by atoms with Gasteiger partial charge >= 0.3 is 0 Å². The van der Waals surface area contributed by atoms with E-state index in [4.69, 9.17) is 0 Å². The van der Waals surface area contributed by atoms with E-state index >= 15 is 0 Å². The summed E-state index contributed by atoms with van der Waals surface area (Å²) in [6, 6.07) is 54.0. The van der Waals surface area contributed by atoms with Crippen molar-refractivity contribution in [2.75, 3.05) is 4.90 Å². The van der Waals surface area contributed by atoms with Crippen molar-refractivity contribution in [2.45, 2.75) is 61.9 Å². The zero-order chi connectivity index (χ0) is 37.7. The Kier molecular flexibility index (Phi) is 7.42. The number of thiophene rings is 1. The summed E-state index contributed by atoms with van der Waals surface area (Å²) in [4.78, 5) is 2.83. The van der Waals surface area contributed by atoms with Crippen LogP contribution in [0.2, 0.25) is 0 Å². The van der Waals surface area contributed by atoms with Gasteiger partial charge in [-0.05, 0) is 105 Å². The lowest BCUT2D eigenvalue weighted by atomic mass is 9.66. The highest BCUT2D eigenvalue weighted by atomic mass is 32.1. The van der Waals surface area contributed by atoms with E-state index in [-0.39, 0.29) is 17.5 Å². The number of hydrogen-bond acceptors (Lipinski definition) is 2. The van der Waals surface area contributed by atoms with E-state index < -0.39 is 5.41 Å². The van der Waals surface area contributed by atoms with Gasteiger partial charge in [0.05, 0.1) is 17.5 Å². The van der Waals surface area contributed by atoms with E-state index in [1.807, 2.05) is 11.3 Å². The number of rotatable bonds is 5. The Morgan fingerprint density at radius 3 is 2.04 bits per heavy atom. The molecule has 3 unspecified atom stereocenters. The topological polar surface area (TPSA) is 3.24 Å². The molecule has 1 spiro atoms. The third kappa shape index (κ3) is 4.57. The monoisotopic (exact) mass is 751 g/mol. The van der Waals surface area contributed by atoms with Crippen molar-refractivity contribution >= 4 is 42.8 Å². The summed E-state index contributed by atoms with van der Waals surface area (Å²) in [5, 5.41) is 2.73. The lowest BCUT2D eigenvalue weighted by Gasteiger charge is -2.44. The van der Waals surface area contributed by atoms with Crippen LogP contribution in [0, 0.1) is 5.92 Å². The van der Waals surface area contributed by atoms with Gasteiger partial charge < -0.3 is 4.90 Å². The molecule has 12 rings (SSSR count). The van der Waals surface area contributed by atoms with Crippen molar-refractivity contribution in [3.05, 3.63) is 215 Å². The van der Waals surface area contributed by atoms with Gasteiger partial charge in [-0.3, -0.25) is 0 Å². The molecule has 1 aromatic heterocycles. The van der Waals surface area contributed by atoms with E-state index in [0.717, 1.165) is 6.42 Å². The molecular formula is C55H45NS. The minimum atomic E-state index is -0.458. The molecule has 3 atom stereocenters. The number of benzene rings is 6. The largest absolute Gasteiger partial charge is 0.357 e. The van der Waals surface area contributed by atoms with Crippen LogP contribution in [0.4, 0.5) is 5.69 Å². The summed E-state index contributed by atoms with van der Waals surface area (Å²) in [6.07, 6.45) is 20.6. The molecule has 1 heterocycles. The fourth-order valence-corrected chi connectivity index (χ4v) is 13.2. The lowest BCUT2D eigenvalue weighted by Crippen LogP contribution is -2.47. The summed E-state index contributed by atoms with van der Waals surface area (Å²) in [7, 11) is 0. The normalized spacial score (nSPS) is 21.9. The molecule has 0 amide bonds. The number of fused-ring (bicyclic) bond motifs is 10. The van der Waals surface area contributed by atoms with Gasteiger partial charge in [0.1, 0.15) is 0 Å². The third-order valence-electron chi connectivity index (χ3n) is 14.3. The van der Waals surface area contributed by atoms with Gasteiger partial charge in [0.25, 0.3) is 0 Å². The van der Waals surface area contributed by atoms with Crippen molar-refractivity contribution in [3.63, 3.8) is 0 Å². The van der Waals surface area contributed by atoms with Crippen molar-refractivity contribution in [3.8, 4) is 11.1 Å². The Morgan fingerprint density at radius 2 is 1.28 bits per heavy atom. The highest BCUT2D eigenvalue weighted by Gasteiger charge is 2.50. The van der Waals surface area contributed by atoms with E-state index in [1.54, 1.807) is 16.7 Å². The summed E-state index contributed by atoms with van der Waals surface area (Å²) < 4.78 is 2.69. The number of anilines is 1. The predicted octanol–water partition coefficient (Wildman–Crippen LogP) is 14.0. The second-order valence-electron chi connectivity index (χ2n) is 17.0. The molecule has 1 saturated carbocycles. The zero-order valence-electron chi connectivity index (χ0n) is 32.4. The molecule has 276 valence electrons. The van der Waals surface area contributed by atoms with Crippen LogP contribution in [0.15, 0.2) is 182 Å². The van der Waals surface area contributed by atoms with E-state index in [0.29, 0.717) is 5.92 Å². The van der Waals surface area contributed by atoms with Crippen LogP contribution in [0.25, 0.3) is 36.9 Å². The van der Waals surface area contributed by atoms with Crippen LogP contribution in [0.5, 0.6) is 0 Å². The molecule has 7 aromatic rings. The molecule has 5 aliphatic rings. The van der Waals surface area contributed by atoms with Crippen molar-refractivity contribution in [1.82, 2.24) is 0 Å². The van der Waals surface area contributed by atoms with Gasteiger partial charge in [-0.2, -0.15) is 0 Å². The molecule has 2 heteroatoms. The standard InChI is InChI=1S/C55H45NS/c1-36-17-5-12-28-48(36)56(49-29-15-26-46-52(49)41-22-8-9-23-43(41)54(46)33-13-14-34-54)38-31-32-50-42(35-38)53-47(27-16-30-51(53)57-50)55(37-18-3-2-4-19-37)44-24-10-6-20-39(44)40-21-7-11-25-45(40)55/h2-12,15-28,30-32,35-36,48-49H,13-14,29,33-34H2,1H3. The first kappa shape index (κ1) is 33.4. The first-order valence-corrected chi connectivity index (χ1v) is 21.9. The van der Waals surface area contributed by atoms with Crippen LogP contribution in [0.3, 0.4) is 0 Å². The Hall–Kier alpha value is -5.70. The van der Waals surface area contributed by atoms with Crippen LogP contribution in [-0.4, -0.2) is 12.1 Å². The predicted molar refractivity (Wildman–Crippen MR) is 241 cm³/mol. The molecule has 0 bridgehead atoms. The van der Waals surface area contributed by atoms with Crippen LogP contribution >= 0.6 is 11.3 Å². The Morgan fingerprint density at radius 1 is 0.614 bits per heavy atom. The van der Waals surface area contributed by atoms with Gasteiger partial charge in [0.2, 0.25) is 0 Å². The lowest BCUT2D eigenvalue weighted by molar-refractivity contribution is 0.522. The molecule has 0 saturated heterocycles. The maximum absolute atomic E-state index is 2.83. The summed E-state index contributed by atoms with van der Waals surface area (Å²) in [5.41, 5.74) is 15.3. The fourth-order valence-electron chi connectivity index (χ4n) is 12.1. The molecular weight excluding hydrogens is 707 g/mol. The van der Waals surface area contributed by atoms with E-state index in [2.05, 4.69) is 188 Å². The quantitative estimate of drug-likeness (QED) is 0.169. The SMILES string of the molecule is CC1C=CC=CC1N(c1ccc2sc3cccc(C4(c5ccccc5)c5ccccc5-c5ccccc54)c3c2c1)C1CC=CC2=C1c1ccccc1C21CCCC1. The van der Waals surface area contributed by atoms with E-state index in [1.165, 1.54) is 90.5 Å². The summed E-state index contributed by atoms with van der Waals surface area (Å²) in [6.45, 7) is 2.40.